The topological polar surface area (TPSA) is 53.6 Å². The Morgan fingerprint density at radius 2 is 2.10 bits per heavy atom. The van der Waals surface area contributed by atoms with Crippen LogP contribution in [-0.2, 0) is 9.53 Å². The van der Waals surface area contributed by atoms with Crippen LogP contribution in [0.5, 0.6) is 0 Å². The highest BCUT2D eigenvalue weighted by atomic mass is 35.5. The summed E-state index contributed by atoms with van der Waals surface area (Å²) in [4.78, 5) is 14.0. The molecule has 0 bridgehead atoms. The smallest absolute Gasteiger partial charge is 0.237 e. The van der Waals surface area contributed by atoms with Crippen LogP contribution in [-0.4, -0.2) is 63.8 Å². The Hall–Kier alpha value is -0.0700. The van der Waals surface area contributed by atoms with Crippen molar-refractivity contribution in [1.82, 2.24) is 15.5 Å². The Labute approximate surface area is 135 Å². The van der Waals surface area contributed by atoms with Gasteiger partial charge in [-0.25, -0.2) is 0 Å². The van der Waals surface area contributed by atoms with Crippen LogP contribution < -0.4 is 10.6 Å². The number of carbonyl (C=O) groups excluding carboxylic acids is 1. The minimum absolute atomic E-state index is 0. The number of rotatable bonds is 8. The Balaban J connectivity index is 0. The lowest BCUT2D eigenvalue weighted by atomic mass is 10.0. The number of methoxy groups -OCH3 is 1. The number of halogens is 2. The van der Waals surface area contributed by atoms with Crippen LogP contribution in [0.3, 0.4) is 0 Å². The summed E-state index contributed by atoms with van der Waals surface area (Å²) >= 11 is 0. The van der Waals surface area contributed by atoms with E-state index in [1.54, 1.807) is 7.11 Å². The molecule has 0 spiro atoms. The zero-order valence-electron chi connectivity index (χ0n) is 12.5. The second-order valence-corrected chi connectivity index (χ2v) is 4.94. The molecule has 1 saturated heterocycles. The largest absolute Gasteiger partial charge is 0.385 e. The van der Waals surface area contributed by atoms with E-state index >= 15 is 0 Å². The molecule has 7 heteroatoms. The molecule has 0 saturated carbocycles. The van der Waals surface area contributed by atoms with E-state index in [0.717, 1.165) is 52.0 Å². The minimum atomic E-state index is 0. The average molecular weight is 330 g/mol. The first kappa shape index (κ1) is 22.2. The lowest BCUT2D eigenvalue weighted by molar-refractivity contribution is -0.123. The third-order valence-electron chi connectivity index (χ3n) is 3.31. The van der Waals surface area contributed by atoms with Gasteiger partial charge < -0.3 is 20.3 Å². The number of likely N-dealkylation sites (N-methyl/N-ethyl adjacent to an activating group) is 1. The maximum absolute atomic E-state index is 11.8. The molecule has 0 aliphatic carbocycles. The number of nitrogens with zero attached hydrogens (tertiary/aromatic N) is 1. The lowest BCUT2D eigenvalue weighted by Crippen LogP contribution is -2.48. The Morgan fingerprint density at radius 3 is 2.70 bits per heavy atom. The molecule has 1 atom stereocenters. The van der Waals surface area contributed by atoms with E-state index < -0.39 is 0 Å². The van der Waals surface area contributed by atoms with Crippen LogP contribution in [0.15, 0.2) is 0 Å². The predicted molar refractivity (Wildman–Crippen MR) is 87.1 cm³/mol. The van der Waals surface area contributed by atoms with Gasteiger partial charge in [-0.05, 0) is 32.9 Å². The van der Waals surface area contributed by atoms with Crippen LogP contribution in [0, 0.1) is 0 Å². The first-order valence-corrected chi connectivity index (χ1v) is 6.92. The van der Waals surface area contributed by atoms with Gasteiger partial charge in [0.15, 0.2) is 0 Å². The third kappa shape index (κ3) is 9.77. The molecule has 0 aromatic rings. The fourth-order valence-electron chi connectivity index (χ4n) is 2.16. The number of hydrogen-bond donors (Lipinski definition) is 2. The van der Waals surface area contributed by atoms with E-state index in [1.807, 2.05) is 0 Å². The molecule has 5 nitrogen and oxygen atoms in total. The number of nitrogens with one attached hydrogen (secondary N) is 2. The molecule has 20 heavy (non-hydrogen) atoms. The van der Waals surface area contributed by atoms with Crippen molar-refractivity contribution in [3.63, 3.8) is 0 Å². The highest BCUT2D eigenvalue weighted by molar-refractivity contribution is 5.85. The zero-order chi connectivity index (χ0) is 13.2. The van der Waals surface area contributed by atoms with E-state index in [9.17, 15) is 4.79 Å². The van der Waals surface area contributed by atoms with Gasteiger partial charge in [0.05, 0.1) is 6.04 Å². The van der Waals surface area contributed by atoms with Gasteiger partial charge in [-0.15, -0.1) is 24.8 Å². The number of piperidine rings is 1. The zero-order valence-corrected chi connectivity index (χ0v) is 14.2. The van der Waals surface area contributed by atoms with Crippen LogP contribution >= 0.6 is 24.8 Å². The summed E-state index contributed by atoms with van der Waals surface area (Å²) in [5, 5.41) is 6.26. The lowest BCUT2D eigenvalue weighted by Gasteiger charge is -2.23. The van der Waals surface area contributed by atoms with Gasteiger partial charge in [0.1, 0.15) is 0 Å². The Morgan fingerprint density at radius 1 is 1.35 bits per heavy atom. The van der Waals surface area contributed by atoms with Gasteiger partial charge in [0, 0.05) is 33.4 Å². The van der Waals surface area contributed by atoms with Crippen molar-refractivity contribution in [2.24, 2.45) is 0 Å². The molecular weight excluding hydrogens is 301 g/mol. The van der Waals surface area contributed by atoms with E-state index in [0.29, 0.717) is 0 Å². The van der Waals surface area contributed by atoms with Crippen LogP contribution in [0.25, 0.3) is 0 Å². The quantitative estimate of drug-likeness (QED) is 0.654. The number of hydrogen-bond acceptors (Lipinski definition) is 4. The van der Waals surface area contributed by atoms with Crippen molar-refractivity contribution in [3.8, 4) is 0 Å². The van der Waals surface area contributed by atoms with Gasteiger partial charge in [-0.1, -0.05) is 6.42 Å². The summed E-state index contributed by atoms with van der Waals surface area (Å²) in [6, 6.07) is 0.0255. The van der Waals surface area contributed by atoms with Crippen molar-refractivity contribution in [2.75, 3.05) is 46.9 Å². The molecule has 0 unspecified atom stereocenters. The maximum atomic E-state index is 11.8. The van der Waals surface area contributed by atoms with Gasteiger partial charge in [0.25, 0.3) is 0 Å². The van der Waals surface area contributed by atoms with Crippen molar-refractivity contribution < 1.29 is 9.53 Å². The van der Waals surface area contributed by atoms with E-state index in [2.05, 4.69) is 22.6 Å². The highest BCUT2D eigenvalue weighted by Gasteiger charge is 2.19. The van der Waals surface area contributed by atoms with Gasteiger partial charge >= 0.3 is 0 Å². The molecule has 122 valence electrons. The van der Waals surface area contributed by atoms with Crippen molar-refractivity contribution in [3.05, 3.63) is 0 Å². The summed E-state index contributed by atoms with van der Waals surface area (Å²) in [7, 11) is 3.79. The fourth-order valence-corrected chi connectivity index (χ4v) is 2.16. The van der Waals surface area contributed by atoms with Crippen LogP contribution in [0.2, 0.25) is 0 Å². The summed E-state index contributed by atoms with van der Waals surface area (Å²) < 4.78 is 5.01. The van der Waals surface area contributed by atoms with Gasteiger partial charge in [-0.2, -0.15) is 0 Å². The monoisotopic (exact) mass is 329 g/mol. The molecule has 0 aromatic heterocycles. The van der Waals surface area contributed by atoms with Crippen molar-refractivity contribution in [1.29, 1.82) is 0 Å². The summed E-state index contributed by atoms with van der Waals surface area (Å²) in [5.74, 6) is 0.153. The molecular formula is C13H29Cl2N3O2. The number of carbonyl (C=O) groups is 1. The standard InChI is InChI=1S/C13H27N3O2.2ClH/c1-16(9-5-11-18-2)10-8-15-13(17)12-6-3-4-7-14-12;;/h12,14H,3-11H2,1-2H3,(H,15,17);2*1H/t12-;;/m1../s1. The second kappa shape index (κ2) is 13.9. The van der Waals surface area contributed by atoms with E-state index in [-0.39, 0.29) is 36.8 Å². The Bertz CT molecular complexity index is 240. The van der Waals surface area contributed by atoms with Crippen molar-refractivity contribution >= 4 is 30.7 Å². The van der Waals surface area contributed by atoms with Crippen molar-refractivity contribution in [2.45, 2.75) is 31.7 Å². The molecule has 1 aliphatic rings. The summed E-state index contributed by atoms with van der Waals surface area (Å²) in [5.41, 5.74) is 0. The molecule has 2 N–H and O–H groups in total. The fraction of sp³-hybridized carbons (Fsp3) is 0.923. The molecule has 1 fully saturated rings. The van der Waals surface area contributed by atoms with E-state index in [4.69, 9.17) is 4.74 Å². The summed E-state index contributed by atoms with van der Waals surface area (Å²) in [6.07, 6.45) is 4.34. The minimum Gasteiger partial charge on any atom is -0.385 e. The summed E-state index contributed by atoms with van der Waals surface area (Å²) in [6.45, 7) is 4.38. The predicted octanol–water partition coefficient (Wildman–Crippen LogP) is 1.06. The molecule has 1 aliphatic heterocycles. The molecule has 0 radical (unpaired) electrons. The maximum Gasteiger partial charge on any atom is 0.237 e. The average Bonchev–Trinajstić information content (AvgIpc) is 2.40. The van der Waals surface area contributed by atoms with Gasteiger partial charge in [0.2, 0.25) is 5.91 Å². The third-order valence-corrected chi connectivity index (χ3v) is 3.31. The molecule has 1 rings (SSSR count). The first-order valence-electron chi connectivity index (χ1n) is 6.92. The SMILES string of the molecule is COCCCN(C)CCNC(=O)[C@H]1CCCCN1.Cl.Cl. The first-order chi connectivity index (χ1) is 8.74. The Kier molecular flexibility index (Phi) is 15.4. The highest BCUT2D eigenvalue weighted by Crippen LogP contribution is 2.06. The van der Waals surface area contributed by atoms with Crippen LogP contribution in [0.4, 0.5) is 0 Å². The molecule has 1 amide bonds. The van der Waals surface area contributed by atoms with Gasteiger partial charge in [-0.3, -0.25) is 4.79 Å². The number of amides is 1. The van der Waals surface area contributed by atoms with E-state index in [1.165, 1.54) is 6.42 Å². The molecule has 0 aromatic carbocycles. The normalized spacial score (nSPS) is 18.1. The molecule has 1 heterocycles. The van der Waals surface area contributed by atoms with Crippen LogP contribution in [0.1, 0.15) is 25.7 Å². The number of ether oxygens (including phenoxy) is 1. The second-order valence-electron chi connectivity index (χ2n) is 4.94.